The van der Waals surface area contributed by atoms with Crippen molar-refractivity contribution < 1.29 is 4.79 Å². The summed E-state index contributed by atoms with van der Waals surface area (Å²) in [6, 6.07) is -0.385. The van der Waals surface area contributed by atoms with Crippen LogP contribution in [-0.2, 0) is 11.2 Å². The van der Waals surface area contributed by atoms with E-state index in [0.29, 0.717) is 12.2 Å². The molecular weight excluding hydrogens is 254 g/mol. The van der Waals surface area contributed by atoms with Gasteiger partial charge >= 0.3 is 0 Å². The highest BCUT2D eigenvalue weighted by molar-refractivity contribution is 5.87. The molecule has 0 aromatic carbocycles. The van der Waals surface area contributed by atoms with Crippen LogP contribution in [0.5, 0.6) is 0 Å². The van der Waals surface area contributed by atoms with Crippen LogP contribution in [0.4, 0.5) is 0 Å². The van der Waals surface area contributed by atoms with Gasteiger partial charge in [0.15, 0.2) is 5.78 Å². The molecule has 2 aromatic rings. The van der Waals surface area contributed by atoms with Gasteiger partial charge in [-0.2, -0.15) is 5.10 Å². The molecule has 0 aliphatic heterocycles. The van der Waals surface area contributed by atoms with E-state index in [1.54, 1.807) is 23.4 Å². The molecule has 0 N–H and O–H groups in total. The molecule has 0 fully saturated rings. The van der Waals surface area contributed by atoms with Crippen LogP contribution in [0.1, 0.15) is 38.2 Å². The molecule has 0 aliphatic rings. The van der Waals surface area contributed by atoms with Crippen molar-refractivity contribution in [1.29, 1.82) is 0 Å². The first-order valence-corrected chi connectivity index (χ1v) is 6.54. The second-order valence-corrected chi connectivity index (χ2v) is 5.85. The Hall–Kier alpha value is -2.11. The highest BCUT2D eigenvalue weighted by Gasteiger charge is 2.31. The largest absolute Gasteiger partial charge is 0.297 e. The summed E-state index contributed by atoms with van der Waals surface area (Å²) in [6.07, 6.45) is 7.03. The summed E-state index contributed by atoms with van der Waals surface area (Å²) in [6.45, 7) is 7.56. The fraction of sp³-hybridized carbons (Fsp3) is 0.500. The summed E-state index contributed by atoms with van der Waals surface area (Å²) >= 11 is 0. The lowest BCUT2D eigenvalue weighted by molar-refractivity contribution is -0.130. The summed E-state index contributed by atoms with van der Waals surface area (Å²) in [5, 5.41) is 4.11. The van der Waals surface area contributed by atoms with E-state index in [0.717, 1.165) is 5.56 Å². The third kappa shape index (κ3) is 3.26. The average Bonchev–Trinajstić information content (AvgIpc) is 2.90. The number of aromatic nitrogens is 5. The highest BCUT2D eigenvalue weighted by Crippen LogP contribution is 2.25. The second-order valence-electron chi connectivity index (χ2n) is 5.85. The normalized spacial score (nSPS) is 13.2. The molecule has 20 heavy (non-hydrogen) atoms. The molecule has 0 radical (unpaired) electrons. The van der Waals surface area contributed by atoms with Gasteiger partial charge in [-0.25, -0.2) is 19.6 Å². The van der Waals surface area contributed by atoms with Crippen molar-refractivity contribution >= 4 is 5.78 Å². The Kier molecular flexibility index (Phi) is 3.92. The van der Waals surface area contributed by atoms with Crippen LogP contribution in [0.15, 0.2) is 25.0 Å². The zero-order valence-corrected chi connectivity index (χ0v) is 12.2. The molecular formula is C14H19N5O. The Morgan fingerprint density at radius 1 is 1.30 bits per heavy atom. The first kappa shape index (κ1) is 14.3. The summed E-state index contributed by atoms with van der Waals surface area (Å²) in [5.41, 5.74) is 0.469. The molecule has 2 rings (SSSR count). The minimum Gasteiger partial charge on any atom is -0.297 e. The van der Waals surface area contributed by atoms with E-state index in [-0.39, 0.29) is 11.8 Å². The van der Waals surface area contributed by atoms with Crippen LogP contribution < -0.4 is 0 Å². The predicted octanol–water partition coefficient (Wildman–Crippen LogP) is 1.78. The molecule has 0 saturated heterocycles. The van der Waals surface area contributed by atoms with Crippen LogP contribution in [0.25, 0.3) is 0 Å². The quantitative estimate of drug-likeness (QED) is 0.849. The fourth-order valence-corrected chi connectivity index (χ4v) is 1.93. The maximum absolute atomic E-state index is 12.6. The van der Waals surface area contributed by atoms with E-state index in [9.17, 15) is 4.79 Å². The number of aryl methyl sites for hydroxylation is 1. The van der Waals surface area contributed by atoms with Crippen LogP contribution in [0.2, 0.25) is 0 Å². The molecule has 106 valence electrons. The number of ketones is 1. The number of Topliss-reactive ketones (excluding diaryl/α,β-unsaturated/α-hetero) is 1. The topological polar surface area (TPSA) is 73.6 Å². The minimum atomic E-state index is -0.442. The monoisotopic (exact) mass is 273 g/mol. The summed E-state index contributed by atoms with van der Waals surface area (Å²) in [5.74, 6) is 0.830. The maximum Gasteiger partial charge on any atom is 0.163 e. The first-order valence-electron chi connectivity index (χ1n) is 6.54. The molecule has 6 heteroatoms. The molecule has 2 heterocycles. The summed E-state index contributed by atoms with van der Waals surface area (Å²) in [4.78, 5) is 24.9. The van der Waals surface area contributed by atoms with E-state index >= 15 is 0 Å². The van der Waals surface area contributed by atoms with Crippen molar-refractivity contribution in [3.05, 3.63) is 36.4 Å². The Bertz CT molecular complexity index is 569. The number of nitrogens with zero attached hydrogens (tertiary/aromatic N) is 5. The maximum atomic E-state index is 12.6. The lowest BCUT2D eigenvalue weighted by atomic mass is 9.84. The third-order valence-electron chi connectivity index (χ3n) is 3.06. The molecule has 1 unspecified atom stereocenters. The van der Waals surface area contributed by atoms with Crippen LogP contribution in [0.3, 0.4) is 0 Å². The van der Waals surface area contributed by atoms with Gasteiger partial charge in [-0.1, -0.05) is 20.8 Å². The Morgan fingerprint density at radius 3 is 2.45 bits per heavy atom. The minimum absolute atomic E-state index is 0.114. The van der Waals surface area contributed by atoms with E-state index in [1.807, 2.05) is 27.7 Å². The van der Waals surface area contributed by atoms with E-state index in [4.69, 9.17) is 0 Å². The first-order chi connectivity index (χ1) is 9.38. The van der Waals surface area contributed by atoms with E-state index in [1.165, 1.54) is 6.33 Å². The SMILES string of the molecule is Cc1ncc(CC(C(=O)C(C)(C)C)n2cncn2)cn1. The zero-order valence-electron chi connectivity index (χ0n) is 12.2. The van der Waals surface area contributed by atoms with Crippen LogP contribution >= 0.6 is 0 Å². The number of hydrogen-bond acceptors (Lipinski definition) is 5. The fourth-order valence-electron chi connectivity index (χ4n) is 1.93. The lowest BCUT2D eigenvalue weighted by Crippen LogP contribution is -2.32. The number of hydrogen-bond donors (Lipinski definition) is 0. The van der Waals surface area contributed by atoms with Crippen molar-refractivity contribution in [3.8, 4) is 0 Å². The smallest absolute Gasteiger partial charge is 0.163 e. The third-order valence-corrected chi connectivity index (χ3v) is 3.06. The van der Waals surface area contributed by atoms with Crippen molar-refractivity contribution in [2.45, 2.75) is 40.2 Å². The predicted molar refractivity (Wildman–Crippen MR) is 74.0 cm³/mol. The Morgan fingerprint density at radius 2 is 1.95 bits per heavy atom. The van der Waals surface area contributed by atoms with Gasteiger partial charge in [0.05, 0.1) is 0 Å². The number of carbonyl (C=O) groups excluding carboxylic acids is 1. The van der Waals surface area contributed by atoms with E-state index < -0.39 is 5.41 Å². The molecule has 0 bridgehead atoms. The van der Waals surface area contributed by atoms with Gasteiger partial charge in [0.2, 0.25) is 0 Å². The standard InChI is InChI=1S/C14H19N5O/c1-10-16-6-11(7-17-10)5-12(13(20)14(2,3)4)19-9-15-8-18-19/h6-9,12H,5H2,1-4H3. The average molecular weight is 273 g/mol. The van der Waals surface area contributed by atoms with Crippen molar-refractivity contribution in [2.75, 3.05) is 0 Å². The molecule has 0 aliphatic carbocycles. The highest BCUT2D eigenvalue weighted by atomic mass is 16.1. The lowest BCUT2D eigenvalue weighted by Gasteiger charge is -2.24. The molecule has 2 aromatic heterocycles. The molecule has 1 atom stereocenters. The van der Waals surface area contributed by atoms with Gasteiger partial charge < -0.3 is 0 Å². The number of carbonyl (C=O) groups is 1. The second kappa shape index (κ2) is 5.48. The summed E-state index contributed by atoms with van der Waals surface area (Å²) < 4.78 is 1.60. The Balaban J connectivity index is 2.28. The van der Waals surface area contributed by atoms with Crippen LogP contribution in [-0.4, -0.2) is 30.5 Å². The zero-order chi connectivity index (χ0) is 14.8. The van der Waals surface area contributed by atoms with Gasteiger partial charge in [0.1, 0.15) is 24.5 Å². The number of rotatable bonds is 4. The molecule has 0 spiro atoms. The van der Waals surface area contributed by atoms with Gasteiger partial charge in [-0.3, -0.25) is 4.79 Å². The van der Waals surface area contributed by atoms with Gasteiger partial charge in [-0.15, -0.1) is 0 Å². The van der Waals surface area contributed by atoms with Crippen molar-refractivity contribution in [1.82, 2.24) is 24.7 Å². The summed E-state index contributed by atoms with van der Waals surface area (Å²) in [7, 11) is 0. The van der Waals surface area contributed by atoms with E-state index in [2.05, 4.69) is 20.1 Å². The molecule has 0 saturated carbocycles. The van der Waals surface area contributed by atoms with Gasteiger partial charge in [0, 0.05) is 24.2 Å². The van der Waals surface area contributed by atoms with Gasteiger partial charge in [0.25, 0.3) is 0 Å². The van der Waals surface area contributed by atoms with Gasteiger partial charge in [-0.05, 0) is 12.5 Å². The molecule has 0 amide bonds. The molecule has 6 nitrogen and oxygen atoms in total. The van der Waals surface area contributed by atoms with Crippen molar-refractivity contribution in [3.63, 3.8) is 0 Å². The Labute approximate surface area is 118 Å². The van der Waals surface area contributed by atoms with Crippen LogP contribution in [0, 0.1) is 12.3 Å². The van der Waals surface area contributed by atoms with Crippen molar-refractivity contribution in [2.24, 2.45) is 5.41 Å².